The Morgan fingerprint density at radius 1 is 0.952 bits per heavy atom. The first kappa shape index (κ1) is 20.9. The van der Waals surface area contributed by atoms with Crippen LogP contribution < -0.4 is 0 Å². The molecule has 0 N–H and O–H groups in total. The lowest BCUT2D eigenvalue weighted by Gasteiger charge is -2.15. The summed E-state index contributed by atoms with van der Waals surface area (Å²) < 4.78 is 27.8. The second-order valence-corrected chi connectivity index (χ2v) is 7.03. The molecule has 0 radical (unpaired) electrons. The Morgan fingerprint density at radius 3 is 1.81 bits per heavy atom. The summed E-state index contributed by atoms with van der Waals surface area (Å²) in [6.07, 6.45) is 8.25. The van der Waals surface area contributed by atoms with Crippen molar-refractivity contribution in [1.82, 2.24) is 0 Å². The number of unbranched alkanes of at least 4 members (excludes halogenated alkanes) is 6. The minimum absolute atomic E-state index is 0.152. The fourth-order valence-electron chi connectivity index (χ4n) is 1.60. The molecule has 0 amide bonds. The van der Waals surface area contributed by atoms with Crippen molar-refractivity contribution in [2.45, 2.75) is 72.1 Å². The topological polar surface area (TPSA) is 57.1 Å². The molecule has 0 aromatic carbocycles. The molecule has 0 heterocycles. The average molecular weight is 342 g/mol. The molecular weight excluding hydrogens is 313 g/mol. The van der Waals surface area contributed by atoms with Crippen molar-refractivity contribution < 1.29 is 18.2 Å². The van der Waals surface area contributed by atoms with Crippen LogP contribution in [0.3, 0.4) is 0 Å². The number of rotatable bonds is 14. The number of phosphoric acid groups is 1. The minimum atomic E-state index is -3.64. The van der Waals surface area contributed by atoms with Crippen LogP contribution in [0, 0.1) is 0 Å². The van der Waals surface area contributed by atoms with Crippen molar-refractivity contribution >= 4 is 24.6 Å². The first-order valence-corrected chi connectivity index (χ1v) is 9.66. The maximum Gasteiger partial charge on any atom is 0.550 e. The summed E-state index contributed by atoms with van der Waals surface area (Å²) in [4.78, 5) is 0. The third-order valence-electron chi connectivity index (χ3n) is 2.76. The molecule has 0 bridgehead atoms. The Morgan fingerprint density at radius 2 is 1.43 bits per heavy atom. The zero-order valence-electron chi connectivity index (χ0n) is 13.5. The summed E-state index contributed by atoms with van der Waals surface area (Å²) in [6, 6.07) is 0. The Bertz CT molecular complexity index is 304. The van der Waals surface area contributed by atoms with Crippen molar-refractivity contribution in [3.8, 4) is 0 Å². The van der Waals surface area contributed by atoms with Crippen LogP contribution in [0.15, 0.2) is 5.16 Å². The van der Waals surface area contributed by atoms with E-state index in [4.69, 9.17) is 25.3 Å². The summed E-state index contributed by atoms with van der Waals surface area (Å²) in [5.74, 6) is 0. The number of phosphoric ester groups is 1. The predicted octanol–water partition coefficient (Wildman–Crippen LogP) is 5.88. The molecule has 0 saturated heterocycles. The van der Waals surface area contributed by atoms with Crippen molar-refractivity contribution in [3.05, 3.63) is 0 Å². The van der Waals surface area contributed by atoms with Crippen LogP contribution in [0.25, 0.3) is 0 Å². The standard InChI is InChI=1S/C14H29ClNO4P/c1-4-6-8-10-12-18-21(17,20-16-14(3)15)19-13-11-9-7-5-2/h4-13H2,1-3H3. The summed E-state index contributed by atoms with van der Waals surface area (Å²) in [5, 5.41) is 3.65. The van der Waals surface area contributed by atoms with Crippen LogP contribution in [0.1, 0.15) is 72.1 Å². The van der Waals surface area contributed by atoms with Crippen LogP contribution in [-0.4, -0.2) is 18.4 Å². The average Bonchev–Trinajstić information content (AvgIpc) is 2.45. The lowest BCUT2D eigenvalue weighted by molar-refractivity contribution is 0.113. The van der Waals surface area contributed by atoms with E-state index in [0.29, 0.717) is 13.2 Å². The van der Waals surface area contributed by atoms with E-state index in [2.05, 4.69) is 19.0 Å². The van der Waals surface area contributed by atoms with E-state index < -0.39 is 7.82 Å². The number of hydrogen-bond donors (Lipinski definition) is 0. The molecule has 7 heteroatoms. The quantitative estimate of drug-likeness (QED) is 0.171. The fourth-order valence-corrected chi connectivity index (χ4v) is 2.78. The Labute approximate surface area is 134 Å². The monoisotopic (exact) mass is 341 g/mol. The van der Waals surface area contributed by atoms with E-state index in [0.717, 1.165) is 51.4 Å². The van der Waals surface area contributed by atoms with Gasteiger partial charge in [-0.05, 0) is 19.8 Å². The molecule has 0 aliphatic rings. The molecule has 0 aliphatic heterocycles. The largest absolute Gasteiger partial charge is 0.550 e. The lowest BCUT2D eigenvalue weighted by Crippen LogP contribution is -2.01. The maximum atomic E-state index is 12.4. The van der Waals surface area contributed by atoms with Gasteiger partial charge >= 0.3 is 7.82 Å². The lowest BCUT2D eigenvalue weighted by atomic mass is 10.2. The minimum Gasteiger partial charge on any atom is -0.291 e. The highest BCUT2D eigenvalue weighted by Gasteiger charge is 2.28. The normalized spacial score (nSPS) is 12.7. The molecular formula is C14H29ClNO4P. The smallest absolute Gasteiger partial charge is 0.291 e. The molecule has 0 saturated carbocycles. The highest BCUT2D eigenvalue weighted by atomic mass is 35.5. The third kappa shape index (κ3) is 13.3. The van der Waals surface area contributed by atoms with E-state index >= 15 is 0 Å². The zero-order valence-corrected chi connectivity index (χ0v) is 15.1. The summed E-state index contributed by atoms with van der Waals surface area (Å²) in [6.45, 7) is 6.47. The van der Waals surface area contributed by atoms with Gasteiger partial charge in [-0.3, -0.25) is 13.7 Å². The van der Waals surface area contributed by atoms with E-state index in [9.17, 15) is 4.57 Å². The van der Waals surface area contributed by atoms with Gasteiger partial charge in [0.1, 0.15) is 5.17 Å². The number of hydrogen-bond acceptors (Lipinski definition) is 5. The highest BCUT2D eigenvalue weighted by Crippen LogP contribution is 2.50. The number of nitrogens with zero attached hydrogens (tertiary/aromatic N) is 1. The molecule has 0 aromatic heterocycles. The van der Waals surface area contributed by atoms with Gasteiger partial charge in [0, 0.05) is 0 Å². The second-order valence-electron chi connectivity index (χ2n) is 4.91. The van der Waals surface area contributed by atoms with Crippen LogP contribution in [0.5, 0.6) is 0 Å². The van der Waals surface area contributed by atoms with Gasteiger partial charge in [-0.1, -0.05) is 69.1 Å². The van der Waals surface area contributed by atoms with Gasteiger partial charge in [0.25, 0.3) is 0 Å². The Balaban J connectivity index is 4.14. The highest BCUT2D eigenvalue weighted by molar-refractivity contribution is 7.48. The molecule has 0 atom stereocenters. The molecule has 5 nitrogen and oxygen atoms in total. The first-order valence-electron chi connectivity index (χ1n) is 7.82. The van der Waals surface area contributed by atoms with Crippen LogP contribution in [-0.2, 0) is 18.2 Å². The molecule has 21 heavy (non-hydrogen) atoms. The molecule has 0 unspecified atom stereocenters. The Kier molecular flexibility index (Phi) is 13.5. The van der Waals surface area contributed by atoms with E-state index in [-0.39, 0.29) is 5.17 Å². The van der Waals surface area contributed by atoms with Crippen LogP contribution in [0.2, 0.25) is 0 Å². The van der Waals surface area contributed by atoms with Gasteiger partial charge in [0.05, 0.1) is 13.2 Å². The van der Waals surface area contributed by atoms with Gasteiger partial charge in [-0.25, -0.2) is 4.57 Å². The van der Waals surface area contributed by atoms with E-state index in [1.54, 1.807) is 0 Å². The molecule has 0 fully saturated rings. The molecule has 0 aliphatic carbocycles. The number of oxime groups is 1. The van der Waals surface area contributed by atoms with Gasteiger partial charge in [-0.2, -0.15) is 0 Å². The predicted molar refractivity (Wildman–Crippen MR) is 87.8 cm³/mol. The Hall–Kier alpha value is -0.0900. The van der Waals surface area contributed by atoms with E-state index in [1.165, 1.54) is 6.92 Å². The summed E-state index contributed by atoms with van der Waals surface area (Å²) in [7, 11) is -3.64. The van der Waals surface area contributed by atoms with Crippen LogP contribution >= 0.6 is 19.4 Å². The maximum absolute atomic E-state index is 12.4. The zero-order chi connectivity index (χ0) is 16.0. The summed E-state index contributed by atoms with van der Waals surface area (Å²) >= 11 is 5.58. The molecule has 0 rings (SSSR count). The van der Waals surface area contributed by atoms with Gasteiger partial charge in [0.2, 0.25) is 0 Å². The first-order chi connectivity index (χ1) is 10.0. The van der Waals surface area contributed by atoms with Crippen molar-refractivity contribution in [3.63, 3.8) is 0 Å². The second kappa shape index (κ2) is 13.6. The molecule has 126 valence electrons. The third-order valence-corrected chi connectivity index (χ3v) is 4.11. The SMILES string of the molecule is CCCCCCOP(=O)(OCCCCCC)ON=C(C)Cl. The van der Waals surface area contributed by atoms with Crippen LogP contribution in [0.4, 0.5) is 0 Å². The van der Waals surface area contributed by atoms with E-state index in [1.807, 2.05) is 0 Å². The van der Waals surface area contributed by atoms with Crippen molar-refractivity contribution in [2.75, 3.05) is 13.2 Å². The summed E-state index contributed by atoms with van der Waals surface area (Å²) in [5.41, 5.74) is 0. The van der Waals surface area contributed by atoms with Crippen molar-refractivity contribution in [2.24, 2.45) is 5.16 Å². The van der Waals surface area contributed by atoms with Gasteiger partial charge in [0.15, 0.2) is 0 Å². The molecule has 0 aromatic rings. The molecule has 0 spiro atoms. The fraction of sp³-hybridized carbons (Fsp3) is 0.929. The van der Waals surface area contributed by atoms with Crippen molar-refractivity contribution in [1.29, 1.82) is 0 Å². The number of halogens is 1. The van der Waals surface area contributed by atoms with Gasteiger partial charge < -0.3 is 0 Å². The van der Waals surface area contributed by atoms with Gasteiger partial charge in [-0.15, -0.1) is 0 Å².